The molecule has 0 spiro atoms. The van der Waals surface area contributed by atoms with Crippen LogP contribution in [0.5, 0.6) is 0 Å². The summed E-state index contributed by atoms with van der Waals surface area (Å²) in [6, 6.07) is 16.5. The molecule has 1 saturated heterocycles. The molecule has 0 unspecified atom stereocenters. The summed E-state index contributed by atoms with van der Waals surface area (Å²) in [7, 11) is -3.52. The van der Waals surface area contributed by atoms with E-state index in [9.17, 15) is 8.42 Å². The van der Waals surface area contributed by atoms with Gasteiger partial charge in [-0.2, -0.15) is 0 Å². The van der Waals surface area contributed by atoms with Gasteiger partial charge in [0.25, 0.3) is 0 Å². The summed E-state index contributed by atoms with van der Waals surface area (Å²) in [5.41, 5.74) is 1.18. The van der Waals surface area contributed by atoms with Crippen LogP contribution in [0, 0.1) is 0 Å². The smallest absolute Gasteiger partial charge is 0.240 e. The number of morpholine rings is 1. The first-order valence-electron chi connectivity index (χ1n) is 8.69. The van der Waals surface area contributed by atoms with E-state index in [1.54, 1.807) is 18.2 Å². The first kappa shape index (κ1) is 19.3. The molecule has 0 aliphatic carbocycles. The lowest BCUT2D eigenvalue weighted by Crippen LogP contribution is -2.39. The van der Waals surface area contributed by atoms with E-state index < -0.39 is 10.0 Å². The molecule has 2 aromatic rings. The van der Waals surface area contributed by atoms with Gasteiger partial charge in [-0.1, -0.05) is 48.0 Å². The van der Waals surface area contributed by atoms with Gasteiger partial charge in [0.1, 0.15) is 0 Å². The van der Waals surface area contributed by atoms with Crippen molar-refractivity contribution in [3.63, 3.8) is 0 Å². The highest BCUT2D eigenvalue weighted by molar-refractivity contribution is 7.89. The minimum atomic E-state index is -3.52. The van der Waals surface area contributed by atoms with Gasteiger partial charge in [-0.3, -0.25) is 4.90 Å². The summed E-state index contributed by atoms with van der Waals surface area (Å²) < 4.78 is 33.0. The molecule has 5 nitrogen and oxygen atoms in total. The molecule has 1 aliphatic heterocycles. The van der Waals surface area contributed by atoms with Crippen LogP contribution in [-0.4, -0.2) is 46.1 Å². The monoisotopic (exact) mass is 394 g/mol. The molecule has 7 heteroatoms. The number of sulfonamides is 1. The van der Waals surface area contributed by atoms with Crippen molar-refractivity contribution in [2.24, 2.45) is 0 Å². The van der Waals surface area contributed by atoms with Crippen LogP contribution in [0.4, 0.5) is 0 Å². The maximum absolute atomic E-state index is 12.3. The summed E-state index contributed by atoms with van der Waals surface area (Å²) in [4.78, 5) is 2.51. The zero-order valence-electron chi connectivity index (χ0n) is 14.5. The van der Waals surface area contributed by atoms with Crippen LogP contribution in [0.1, 0.15) is 18.1 Å². The maximum Gasteiger partial charge on any atom is 0.240 e. The summed E-state index contributed by atoms with van der Waals surface area (Å²) in [6.07, 6.45) is 0.814. The molecule has 0 radical (unpaired) electrons. The number of nitrogens with zero attached hydrogens (tertiary/aromatic N) is 1. The van der Waals surface area contributed by atoms with E-state index in [4.69, 9.17) is 16.3 Å². The Morgan fingerprint density at radius 3 is 2.73 bits per heavy atom. The van der Waals surface area contributed by atoms with Gasteiger partial charge in [0.05, 0.1) is 17.6 Å². The van der Waals surface area contributed by atoms with Crippen LogP contribution in [0.3, 0.4) is 0 Å². The Bertz CT molecular complexity index is 815. The number of benzene rings is 2. The first-order chi connectivity index (χ1) is 12.5. The molecule has 0 bridgehead atoms. The Balaban J connectivity index is 1.46. The predicted molar refractivity (Wildman–Crippen MR) is 103 cm³/mol. The van der Waals surface area contributed by atoms with Crippen molar-refractivity contribution in [3.8, 4) is 0 Å². The molecule has 1 fully saturated rings. The van der Waals surface area contributed by atoms with Crippen LogP contribution < -0.4 is 4.72 Å². The quantitative estimate of drug-likeness (QED) is 0.733. The molecule has 1 aliphatic rings. The topological polar surface area (TPSA) is 58.6 Å². The van der Waals surface area contributed by atoms with Crippen molar-refractivity contribution in [2.75, 3.05) is 32.8 Å². The van der Waals surface area contributed by atoms with Gasteiger partial charge in [-0.05, 0) is 36.7 Å². The number of ether oxygens (including phenoxy) is 1. The third-order valence-electron chi connectivity index (χ3n) is 4.37. The zero-order valence-corrected chi connectivity index (χ0v) is 16.0. The lowest BCUT2D eigenvalue weighted by molar-refractivity contribution is -0.0300. The molecule has 0 saturated carbocycles. The minimum absolute atomic E-state index is 0.0769. The molecule has 26 heavy (non-hydrogen) atoms. The lowest BCUT2D eigenvalue weighted by Gasteiger charge is -2.33. The highest BCUT2D eigenvalue weighted by Gasteiger charge is 2.21. The Kier molecular flexibility index (Phi) is 6.67. The molecule has 1 atom stereocenters. The molecule has 0 aromatic heterocycles. The normalized spacial score (nSPS) is 18.7. The summed E-state index contributed by atoms with van der Waals surface area (Å²) >= 11 is 5.87. The van der Waals surface area contributed by atoms with Crippen molar-refractivity contribution in [1.82, 2.24) is 9.62 Å². The van der Waals surface area contributed by atoms with E-state index in [1.165, 1.54) is 11.6 Å². The lowest BCUT2D eigenvalue weighted by atomic mass is 10.1. The number of rotatable bonds is 7. The van der Waals surface area contributed by atoms with Crippen LogP contribution >= 0.6 is 11.6 Å². The number of hydrogen-bond donors (Lipinski definition) is 1. The summed E-state index contributed by atoms with van der Waals surface area (Å²) in [6.45, 7) is 3.59. The fraction of sp³-hybridized carbons (Fsp3) is 0.368. The minimum Gasteiger partial charge on any atom is -0.371 e. The Morgan fingerprint density at radius 2 is 1.96 bits per heavy atom. The zero-order chi connectivity index (χ0) is 18.4. The van der Waals surface area contributed by atoms with E-state index >= 15 is 0 Å². The maximum atomic E-state index is 12.3. The third kappa shape index (κ3) is 5.28. The van der Waals surface area contributed by atoms with Crippen LogP contribution in [0.15, 0.2) is 59.5 Å². The molecule has 1 heterocycles. The molecule has 2 aromatic carbocycles. The Labute approximate surface area is 160 Å². The van der Waals surface area contributed by atoms with Crippen molar-refractivity contribution in [3.05, 3.63) is 65.2 Å². The van der Waals surface area contributed by atoms with Crippen molar-refractivity contribution in [2.45, 2.75) is 17.4 Å². The summed E-state index contributed by atoms with van der Waals surface area (Å²) in [5, 5.41) is 0.410. The Morgan fingerprint density at radius 1 is 1.15 bits per heavy atom. The molecular weight excluding hydrogens is 372 g/mol. The van der Waals surface area contributed by atoms with Gasteiger partial charge in [0.15, 0.2) is 0 Å². The van der Waals surface area contributed by atoms with Crippen molar-refractivity contribution >= 4 is 21.6 Å². The fourth-order valence-corrected chi connectivity index (χ4v) is 4.38. The average molecular weight is 395 g/mol. The van der Waals surface area contributed by atoms with E-state index in [-0.39, 0.29) is 11.0 Å². The van der Waals surface area contributed by atoms with E-state index in [0.29, 0.717) is 18.2 Å². The van der Waals surface area contributed by atoms with Crippen LogP contribution in [0.2, 0.25) is 5.02 Å². The molecule has 140 valence electrons. The molecule has 3 rings (SSSR count). The second-order valence-electron chi connectivity index (χ2n) is 6.28. The molecular formula is C19H23ClN2O3S. The van der Waals surface area contributed by atoms with Gasteiger partial charge < -0.3 is 4.74 Å². The summed E-state index contributed by atoms with van der Waals surface area (Å²) in [5.74, 6) is 0. The van der Waals surface area contributed by atoms with E-state index in [0.717, 1.165) is 26.1 Å². The van der Waals surface area contributed by atoms with Gasteiger partial charge in [-0.25, -0.2) is 13.1 Å². The highest BCUT2D eigenvalue weighted by atomic mass is 35.5. The van der Waals surface area contributed by atoms with E-state index in [1.807, 2.05) is 18.2 Å². The standard InChI is InChI=1S/C19H23ClN2O3S/c20-17-8-4-9-18(14-17)26(23,24)21-10-5-11-22-12-13-25-19(15-22)16-6-2-1-3-7-16/h1-4,6-9,14,19,21H,5,10-13,15H2/t19-/m0/s1. The molecule has 1 N–H and O–H groups in total. The average Bonchev–Trinajstić information content (AvgIpc) is 2.66. The van der Waals surface area contributed by atoms with Gasteiger partial charge >= 0.3 is 0 Å². The fourth-order valence-electron chi connectivity index (χ4n) is 3.00. The Hall–Kier alpha value is -1.44. The molecule has 0 amide bonds. The second kappa shape index (κ2) is 8.97. The number of halogens is 1. The SMILES string of the molecule is O=S(=O)(NCCCN1CCO[C@H](c2ccccc2)C1)c1cccc(Cl)c1. The van der Waals surface area contributed by atoms with Gasteiger partial charge in [-0.15, -0.1) is 0 Å². The number of hydrogen-bond acceptors (Lipinski definition) is 4. The third-order valence-corrected chi connectivity index (χ3v) is 6.07. The van der Waals surface area contributed by atoms with E-state index in [2.05, 4.69) is 21.8 Å². The highest BCUT2D eigenvalue weighted by Crippen LogP contribution is 2.22. The predicted octanol–water partition coefficient (Wildman–Crippen LogP) is 3.08. The largest absolute Gasteiger partial charge is 0.371 e. The second-order valence-corrected chi connectivity index (χ2v) is 8.48. The van der Waals surface area contributed by atoms with Crippen LogP contribution in [-0.2, 0) is 14.8 Å². The van der Waals surface area contributed by atoms with Crippen LogP contribution in [0.25, 0.3) is 0 Å². The van der Waals surface area contributed by atoms with Gasteiger partial charge in [0, 0.05) is 24.7 Å². The number of nitrogens with one attached hydrogen (secondary N) is 1. The first-order valence-corrected chi connectivity index (χ1v) is 10.5. The van der Waals surface area contributed by atoms with Gasteiger partial charge in [0.2, 0.25) is 10.0 Å². The van der Waals surface area contributed by atoms with Crippen molar-refractivity contribution < 1.29 is 13.2 Å². The van der Waals surface area contributed by atoms with Crippen molar-refractivity contribution in [1.29, 1.82) is 0 Å².